The van der Waals surface area contributed by atoms with Crippen molar-refractivity contribution in [3.05, 3.63) is 41.3 Å². The summed E-state index contributed by atoms with van der Waals surface area (Å²) in [5.41, 5.74) is 4.07. The Morgan fingerprint density at radius 1 is 1.20 bits per heavy atom. The summed E-state index contributed by atoms with van der Waals surface area (Å²) in [5, 5.41) is 20.8. The molecule has 2 aliphatic rings. The van der Waals surface area contributed by atoms with E-state index in [4.69, 9.17) is 24.0 Å². The Labute approximate surface area is 234 Å². The number of amides is 1. The van der Waals surface area contributed by atoms with Crippen molar-refractivity contribution in [1.82, 2.24) is 25.3 Å². The number of carbonyl (C=O) groups is 1. The zero-order valence-electron chi connectivity index (χ0n) is 23.7. The molecule has 2 bridgehead atoms. The second-order valence-electron chi connectivity index (χ2n) is 10.7. The fourth-order valence-corrected chi connectivity index (χ4v) is 5.95. The van der Waals surface area contributed by atoms with Crippen LogP contribution in [0.3, 0.4) is 0 Å². The zero-order chi connectivity index (χ0) is 28.4. The molecule has 4 atom stereocenters. The normalized spacial score (nSPS) is 20.9. The Hall–Kier alpha value is -3.70. The molecular formula is C29H38N6O5. The van der Waals surface area contributed by atoms with Gasteiger partial charge in [0.2, 0.25) is 0 Å². The molecule has 3 aromatic rings. The smallest absolute Gasteiger partial charge is 0.409 e. The van der Waals surface area contributed by atoms with Gasteiger partial charge in [0.05, 0.1) is 24.1 Å². The number of nitrogens with zero attached hydrogens (tertiary/aromatic N) is 4. The van der Waals surface area contributed by atoms with Crippen LogP contribution >= 0.6 is 0 Å². The van der Waals surface area contributed by atoms with Crippen LogP contribution in [0.4, 0.5) is 10.6 Å². The quantitative estimate of drug-likeness (QED) is 0.360. The second kappa shape index (κ2) is 11.8. The van der Waals surface area contributed by atoms with Crippen LogP contribution in [-0.4, -0.2) is 82.8 Å². The van der Waals surface area contributed by atoms with E-state index in [1.54, 1.807) is 7.05 Å². The number of anilines is 1. The number of hydrogen-bond acceptors (Lipinski definition) is 10. The summed E-state index contributed by atoms with van der Waals surface area (Å²) in [6.45, 7) is 6.41. The van der Waals surface area contributed by atoms with Crippen molar-refractivity contribution >= 4 is 11.9 Å². The first-order chi connectivity index (χ1) is 19.3. The highest BCUT2D eigenvalue weighted by Gasteiger charge is 2.44. The van der Waals surface area contributed by atoms with E-state index in [1.165, 1.54) is 7.11 Å². The Bertz CT molecular complexity index is 1330. The molecule has 2 unspecified atom stereocenters. The molecule has 1 amide bonds. The number of aryl methyl sites for hydroxylation is 2. The third-order valence-corrected chi connectivity index (χ3v) is 7.85. The first kappa shape index (κ1) is 27.9. The number of fused-ring (bicyclic) bond motifs is 2. The number of methoxy groups -OCH3 is 1. The van der Waals surface area contributed by atoms with Crippen molar-refractivity contribution in [2.45, 2.75) is 70.7 Å². The number of carbonyl (C=O) groups excluding carboxylic acids is 1. The predicted octanol–water partition coefficient (Wildman–Crippen LogP) is 3.86. The summed E-state index contributed by atoms with van der Waals surface area (Å²) in [7, 11) is 3.23. The lowest BCUT2D eigenvalue weighted by Gasteiger charge is -2.38. The molecule has 2 fully saturated rings. The van der Waals surface area contributed by atoms with E-state index in [1.807, 2.05) is 49.9 Å². The third kappa shape index (κ3) is 5.62. The number of hydrogen-bond donors (Lipinski definition) is 3. The first-order valence-corrected chi connectivity index (χ1v) is 13.8. The monoisotopic (exact) mass is 550 g/mol. The van der Waals surface area contributed by atoms with Crippen LogP contribution in [0.5, 0.6) is 5.75 Å². The molecule has 11 heteroatoms. The minimum Gasteiger partial charge on any atom is -0.491 e. The number of piperidine rings is 1. The molecule has 214 valence electrons. The number of aliphatic hydroxyl groups is 1. The maximum atomic E-state index is 12.4. The van der Waals surface area contributed by atoms with Gasteiger partial charge in [-0.05, 0) is 65.6 Å². The van der Waals surface area contributed by atoms with Gasteiger partial charge in [-0.3, -0.25) is 0 Å². The van der Waals surface area contributed by atoms with Crippen LogP contribution in [0.25, 0.3) is 22.6 Å². The number of likely N-dealkylation sites (N-methyl/N-ethyl adjacent to an activating group) is 1. The van der Waals surface area contributed by atoms with E-state index in [0.29, 0.717) is 23.9 Å². The lowest BCUT2D eigenvalue weighted by molar-refractivity contribution is 0.0832. The van der Waals surface area contributed by atoms with E-state index in [2.05, 4.69) is 15.8 Å². The standard InChI is InChI=1S/C29H38N6O5/c1-16-26(25-17(2)34-40-18(25)3)32-28(19-7-6-8-24(11-19)39-15-23(36)14-30-4)33-27(16)31-20-12-21-9-10-22(13-20)35(21)29(37)38-5/h6-8,11,20-23,30,36H,9-10,12-15H2,1-5H3,(H,31,32,33)/t20?,21-,22+,23?. The molecule has 4 heterocycles. The van der Waals surface area contributed by atoms with Gasteiger partial charge in [0.25, 0.3) is 0 Å². The van der Waals surface area contributed by atoms with E-state index in [-0.39, 0.29) is 30.8 Å². The molecule has 40 heavy (non-hydrogen) atoms. The van der Waals surface area contributed by atoms with Gasteiger partial charge in [0.1, 0.15) is 30.0 Å². The van der Waals surface area contributed by atoms with E-state index < -0.39 is 6.10 Å². The molecule has 0 spiro atoms. The molecule has 0 saturated carbocycles. The van der Waals surface area contributed by atoms with Gasteiger partial charge in [-0.15, -0.1) is 0 Å². The molecule has 5 rings (SSSR count). The molecule has 1 aromatic carbocycles. The SMILES string of the molecule is CNCC(O)COc1cccc(-c2nc(NC3C[C@H]4CC[C@@H](C3)N4C(=O)OC)c(C)c(-c3c(C)noc3C)n2)c1. The molecule has 3 N–H and O–H groups in total. The van der Waals surface area contributed by atoms with Crippen LogP contribution in [0.15, 0.2) is 28.8 Å². The number of nitrogens with one attached hydrogen (secondary N) is 2. The van der Waals surface area contributed by atoms with Crippen molar-refractivity contribution in [2.24, 2.45) is 0 Å². The van der Waals surface area contributed by atoms with Gasteiger partial charge in [0, 0.05) is 35.8 Å². The van der Waals surface area contributed by atoms with Gasteiger partial charge >= 0.3 is 6.09 Å². The maximum absolute atomic E-state index is 12.4. The van der Waals surface area contributed by atoms with Crippen molar-refractivity contribution in [3.8, 4) is 28.4 Å². The highest BCUT2D eigenvalue weighted by Crippen LogP contribution is 2.39. The van der Waals surface area contributed by atoms with Crippen LogP contribution in [-0.2, 0) is 4.74 Å². The van der Waals surface area contributed by atoms with Crippen LogP contribution in [0, 0.1) is 20.8 Å². The molecular weight excluding hydrogens is 512 g/mol. The second-order valence-corrected chi connectivity index (χ2v) is 10.7. The Morgan fingerprint density at radius 2 is 1.95 bits per heavy atom. The molecule has 2 saturated heterocycles. The summed E-state index contributed by atoms with van der Waals surface area (Å²) in [6, 6.07) is 8.02. The summed E-state index contributed by atoms with van der Waals surface area (Å²) >= 11 is 0. The van der Waals surface area contributed by atoms with Gasteiger partial charge < -0.3 is 34.6 Å². The Morgan fingerprint density at radius 3 is 2.60 bits per heavy atom. The van der Waals surface area contributed by atoms with Crippen LogP contribution in [0.2, 0.25) is 0 Å². The Kier molecular flexibility index (Phi) is 8.22. The van der Waals surface area contributed by atoms with Crippen molar-refractivity contribution in [3.63, 3.8) is 0 Å². The predicted molar refractivity (Wildman–Crippen MR) is 150 cm³/mol. The average molecular weight is 551 g/mol. The highest BCUT2D eigenvalue weighted by molar-refractivity contribution is 5.75. The zero-order valence-corrected chi connectivity index (χ0v) is 23.7. The largest absolute Gasteiger partial charge is 0.491 e. The van der Waals surface area contributed by atoms with Crippen LogP contribution in [0.1, 0.15) is 42.7 Å². The van der Waals surface area contributed by atoms with Gasteiger partial charge in [0.15, 0.2) is 5.82 Å². The summed E-state index contributed by atoms with van der Waals surface area (Å²) in [6.07, 6.45) is 2.74. The summed E-state index contributed by atoms with van der Waals surface area (Å²) in [5.74, 6) is 2.60. The number of rotatable bonds is 9. The van der Waals surface area contributed by atoms with Crippen molar-refractivity contribution < 1.29 is 23.9 Å². The third-order valence-electron chi connectivity index (χ3n) is 7.85. The van der Waals surface area contributed by atoms with Gasteiger partial charge in [-0.25, -0.2) is 14.8 Å². The number of ether oxygens (including phenoxy) is 2. The molecule has 2 aliphatic heterocycles. The minimum absolute atomic E-state index is 0.152. The van der Waals surface area contributed by atoms with E-state index >= 15 is 0 Å². The minimum atomic E-state index is -0.618. The van der Waals surface area contributed by atoms with Crippen molar-refractivity contribution in [2.75, 3.05) is 32.6 Å². The lowest BCUT2D eigenvalue weighted by atomic mass is 9.97. The fourth-order valence-electron chi connectivity index (χ4n) is 5.95. The summed E-state index contributed by atoms with van der Waals surface area (Å²) in [4.78, 5) is 24.2. The maximum Gasteiger partial charge on any atom is 0.409 e. The number of aromatic nitrogens is 3. The fraction of sp³-hybridized carbons (Fsp3) is 0.517. The topological polar surface area (TPSA) is 135 Å². The molecule has 0 radical (unpaired) electrons. The van der Waals surface area contributed by atoms with E-state index in [9.17, 15) is 9.90 Å². The first-order valence-electron chi connectivity index (χ1n) is 13.8. The lowest BCUT2D eigenvalue weighted by Crippen LogP contribution is -2.49. The van der Waals surface area contributed by atoms with E-state index in [0.717, 1.165) is 59.6 Å². The van der Waals surface area contributed by atoms with Crippen molar-refractivity contribution in [1.29, 1.82) is 0 Å². The van der Waals surface area contributed by atoms with Crippen LogP contribution < -0.4 is 15.4 Å². The molecule has 2 aromatic heterocycles. The molecule has 0 aliphatic carbocycles. The van der Waals surface area contributed by atoms with Gasteiger partial charge in [-0.2, -0.15) is 0 Å². The highest BCUT2D eigenvalue weighted by atomic mass is 16.5. The summed E-state index contributed by atoms with van der Waals surface area (Å²) < 4.78 is 16.4. The number of benzene rings is 1. The molecule has 11 nitrogen and oxygen atoms in total. The van der Waals surface area contributed by atoms with Gasteiger partial charge in [-0.1, -0.05) is 17.3 Å². The average Bonchev–Trinajstić information content (AvgIpc) is 3.42. The Balaban J connectivity index is 1.47. The number of aliphatic hydroxyl groups excluding tert-OH is 1.